The monoisotopic (exact) mass is 219 g/mol. The first kappa shape index (κ1) is 10.5. The number of aromatic carboxylic acids is 1. The van der Waals surface area contributed by atoms with Crippen molar-refractivity contribution in [3.05, 3.63) is 29.8 Å². The van der Waals surface area contributed by atoms with Crippen LogP contribution in [0.3, 0.4) is 0 Å². The summed E-state index contributed by atoms with van der Waals surface area (Å²) in [5.74, 6) is -0.170. The Hall–Kier alpha value is -2.04. The lowest BCUT2D eigenvalue weighted by atomic mass is 10.2. The van der Waals surface area contributed by atoms with Gasteiger partial charge in [0.05, 0.1) is 5.52 Å². The summed E-state index contributed by atoms with van der Waals surface area (Å²) in [5.41, 5.74) is 6.92. The van der Waals surface area contributed by atoms with Crippen molar-refractivity contribution >= 4 is 17.2 Å². The van der Waals surface area contributed by atoms with Gasteiger partial charge in [0.2, 0.25) is 0 Å². The minimum Gasteiger partial charge on any atom is -0.476 e. The van der Waals surface area contributed by atoms with E-state index in [0.717, 1.165) is 0 Å². The molecule has 0 spiro atoms. The minimum atomic E-state index is -1.02. The number of carboxylic acid groups (broad SMARTS) is 1. The molecule has 2 aromatic heterocycles. The molecule has 3 N–H and O–H groups in total. The molecule has 0 unspecified atom stereocenters. The van der Waals surface area contributed by atoms with Crippen LogP contribution in [0.15, 0.2) is 18.3 Å². The van der Waals surface area contributed by atoms with Gasteiger partial charge in [0.25, 0.3) is 0 Å². The van der Waals surface area contributed by atoms with E-state index in [9.17, 15) is 4.79 Å². The van der Waals surface area contributed by atoms with E-state index in [4.69, 9.17) is 10.8 Å². The van der Waals surface area contributed by atoms with Gasteiger partial charge < -0.3 is 15.2 Å². The minimum absolute atomic E-state index is 0.0729. The van der Waals surface area contributed by atoms with Crippen LogP contribution in [0.25, 0.3) is 5.52 Å². The molecule has 5 heteroatoms. The van der Waals surface area contributed by atoms with E-state index in [0.29, 0.717) is 17.0 Å². The fourth-order valence-electron chi connectivity index (χ4n) is 1.69. The van der Waals surface area contributed by atoms with Crippen molar-refractivity contribution in [3.8, 4) is 0 Å². The molecular formula is C11H13N3O2. The Morgan fingerprint density at radius 1 is 1.50 bits per heavy atom. The average Bonchev–Trinajstić information content (AvgIpc) is 2.56. The van der Waals surface area contributed by atoms with Gasteiger partial charge in [0.15, 0.2) is 5.69 Å². The van der Waals surface area contributed by atoms with Crippen LogP contribution in [0.4, 0.5) is 5.69 Å². The molecule has 2 heterocycles. The van der Waals surface area contributed by atoms with E-state index in [1.165, 1.54) is 0 Å². The summed E-state index contributed by atoms with van der Waals surface area (Å²) < 4.78 is 1.74. The number of pyridine rings is 1. The summed E-state index contributed by atoms with van der Waals surface area (Å²) in [4.78, 5) is 15.2. The molecule has 5 nitrogen and oxygen atoms in total. The lowest BCUT2D eigenvalue weighted by Crippen LogP contribution is -1.98. The van der Waals surface area contributed by atoms with Crippen LogP contribution in [0.2, 0.25) is 0 Å². The van der Waals surface area contributed by atoms with Gasteiger partial charge in [0, 0.05) is 17.8 Å². The van der Waals surface area contributed by atoms with Crippen molar-refractivity contribution in [2.75, 3.05) is 5.73 Å². The second-order valence-electron chi connectivity index (χ2n) is 4.00. The van der Waals surface area contributed by atoms with Crippen LogP contribution in [0.1, 0.15) is 36.1 Å². The molecule has 0 bridgehead atoms. The second kappa shape index (κ2) is 3.52. The fourth-order valence-corrected chi connectivity index (χ4v) is 1.69. The predicted octanol–water partition coefficient (Wildman–Crippen LogP) is 1.74. The first-order valence-corrected chi connectivity index (χ1v) is 5.01. The van der Waals surface area contributed by atoms with E-state index in [-0.39, 0.29) is 11.6 Å². The fraction of sp³-hybridized carbons (Fsp3) is 0.273. The van der Waals surface area contributed by atoms with Gasteiger partial charge in [0.1, 0.15) is 5.82 Å². The number of hydrogen-bond donors (Lipinski definition) is 2. The zero-order chi connectivity index (χ0) is 11.9. The smallest absolute Gasteiger partial charge is 0.356 e. The number of nitrogen functional groups attached to an aromatic ring is 1. The largest absolute Gasteiger partial charge is 0.476 e. The number of nitrogens with zero attached hydrogens (tertiary/aromatic N) is 2. The van der Waals surface area contributed by atoms with Crippen LogP contribution in [-0.2, 0) is 0 Å². The molecule has 16 heavy (non-hydrogen) atoms. The van der Waals surface area contributed by atoms with E-state index in [1.54, 1.807) is 22.7 Å². The number of aromatic nitrogens is 2. The lowest BCUT2D eigenvalue weighted by Gasteiger charge is -2.04. The predicted molar refractivity (Wildman–Crippen MR) is 60.7 cm³/mol. The van der Waals surface area contributed by atoms with Gasteiger partial charge in [-0.25, -0.2) is 9.78 Å². The summed E-state index contributed by atoms with van der Waals surface area (Å²) in [5, 5.41) is 9.04. The lowest BCUT2D eigenvalue weighted by molar-refractivity contribution is 0.0693. The Morgan fingerprint density at radius 2 is 2.19 bits per heavy atom. The highest BCUT2D eigenvalue weighted by Crippen LogP contribution is 2.21. The highest BCUT2D eigenvalue weighted by atomic mass is 16.4. The van der Waals surface area contributed by atoms with Gasteiger partial charge in [-0.15, -0.1) is 0 Å². The van der Waals surface area contributed by atoms with Crippen molar-refractivity contribution in [1.29, 1.82) is 0 Å². The Kier molecular flexibility index (Phi) is 2.30. The molecule has 2 rings (SSSR count). The molecule has 2 aromatic rings. The van der Waals surface area contributed by atoms with Gasteiger partial charge >= 0.3 is 5.97 Å². The van der Waals surface area contributed by atoms with E-state index in [1.807, 2.05) is 13.8 Å². The Morgan fingerprint density at radius 3 is 2.75 bits per heavy atom. The van der Waals surface area contributed by atoms with Crippen LogP contribution in [0.5, 0.6) is 0 Å². The summed E-state index contributed by atoms with van der Waals surface area (Å²) in [6.07, 6.45) is 1.70. The third kappa shape index (κ3) is 1.50. The molecule has 0 saturated heterocycles. The molecule has 0 aromatic carbocycles. The highest BCUT2D eigenvalue weighted by molar-refractivity contribution is 5.93. The van der Waals surface area contributed by atoms with Crippen LogP contribution < -0.4 is 5.73 Å². The van der Waals surface area contributed by atoms with E-state index < -0.39 is 5.97 Å². The summed E-state index contributed by atoms with van der Waals surface area (Å²) in [6, 6.07) is 3.35. The third-order valence-corrected chi connectivity index (χ3v) is 2.41. The molecule has 0 aliphatic rings. The SMILES string of the molecule is CC(C)c1nc(C(=O)O)c2ccc(N)cn12. The molecule has 0 radical (unpaired) electrons. The number of rotatable bonds is 2. The maximum Gasteiger partial charge on any atom is 0.356 e. The molecule has 0 fully saturated rings. The first-order valence-electron chi connectivity index (χ1n) is 5.01. The van der Waals surface area contributed by atoms with Gasteiger partial charge in [-0.3, -0.25) is 0 Å². The second-order valence-corrected chi connectivity index (χ2v) is 4.00. The molecule has 0 atom stereocenters. The van der Waals surface area contributed by atoms with Crippen LogP contribution in [-0.4, -0.2) is 20.5 Å². The highest BCUT2D eigenvalue weighted by Gasteiger charge is 2.18. The Bertz CT molecular complexity index is 558. The number of hydrogen-bond acceptors (Lipinski definition) is 3. The molecule has 0 amide bonds. The van der Waals surface area contributed by atoms with Crippen molar-refractivity contribution in [2.45, 2.75) is 19.8 Å². The van der Waals surface area contributed by atoms with Crippen molar-refractivity contribution in [2.24, 2.45) is 0 Å². The number of carbonyl (C=O) groups is 1. The van der Waals surface area contributed by atoms with Crippen molar-refractivity contribution in [3.63, 3.8) is 0 Å². The van der Waals surface area contributed by atoms with Crippen LogP contribution >= 0.6 is 0 Å². The Labute approximate surface area is 92.5 Å². The molecule has 84 valence electrons. The number of imidazole rings is 1. The number of carboxylic acids is 1. The standard InChI is InChI=1S/C11H13N3O2/c1-6(2)10-13-9(11(15)16)8-4-3-7(12)5-14(8)10/h3-6H,12H2,1-2H3,(H,15,16). The van der Waals surface area contributed by atoms with E-state index >= 15 is 0 Å². The third-order valence-electron chi connectivity index (χ3n) is 2.41. The zero-order valence-corrected chi connectivity index (χ0v) is 9.14. The summed E-state index contributed by atoms with van der Waals surface area (Å²) >= 11 is 0. The summed E-state index contributed by atoms with van der Waals surface area (Å²) in [7, 11) is 0. The van der Waals surface area contributed by atoms with Crippen molar-refractivity contribution in [1.82, 2.24) is 9.38 Å². The molecule has 0 saturated carbocycles. The maximum absolute atomic E-state index is 11.0. The first-order chi connectivity index (χ1) is 7.50. The van der Waals surface area contributed by atoms with Crippen molar-refractivity contribution < 1.29 is 9.90 Å². The molecular weight excluding hydrogens is 206 g/mol. The van der Waals surface area contributed by atoms with Gasteiger partial charge in [-0.1, -0.05) is 13.8 Å². The maximum atomic E-state index is 11.0. The Balaban J connectivity index is 2.81. The number of nitrogens with two attached hydrogens (primary N) is 1. The zero-order valence-electron chi connectivity index (χ0n) is 9.14. The van der Waals surface area contributed by atoms with Gasteiger partial charge in [-0.2, -0.15) is 0 Å². The normalized spacial score (nSPS) is 11.2. The van der Waals surface area contributed by atoms with Crippen LogP contribution in [0, 0.1) is 0 Å². The summed E-state index contributed by atoms with van der Waals surface area (Å²) in [6.45, 7) is 3.92. The molecule has 0 aliphatic heterocycles. The van der Waals surface area contributed by atoms with E-state index in [2.05, 4.69) is 4.98 Å². The average molecular weight is 219 g/mol. The topological polar surface area (TPSA) is 80.6 Å². The molecule has 0 aliphatic carbocycles. The van der Waals surface area contributed by atoms with Gasteiger partial charge in [-0.05, 0) is 12.1 Å². The number of anilines is 1. The quantitative estimate of drug-likeness (QED) is 0.806. The number of fused-ring (bicyclic) bond motifs is 1.